The molecule has 1 aliphatic heterocycles. The molecule has 1 amide bonds. The van der Waals surface area contributed by atoms with Crippen LogP contribution in [0.1, 0.15) is 19.4 Å². The molecule has 9 heteroatoms. The molecule has 0 radical (unpaired) electrons. The van der Waals surface area contributed by atoms with Crippen LogP contribution in [-0.4, -0.2) is 32.1 Å². The average Bonchev–Trinajstić information content (AvgIpc) is 2.75. The number of carboxylic acids is 1. The van der Waals surface area contributed by atoms with Gasteiger partial charge in [-0.05, 0) is 18.1 Å². The first-order valence-corrected chi connectivity index (χ1v) is 8.18. The zero-order valence-electron chi connectivity index (χ0n) is 12.8. The summed E-state index contributed by atoms with van der Waals surface area (Å²) in [6.45, 7) is 3.29. The number of nitrogens with zero attached hydrogens (tertiary/aromatic N) is 2. The van der Waals surface area contributed by atoms with Crippen LogP contribution in [0.3, 0.4) is 0 Å². The van der Waals surface area contributed by atoms with E-state index in [1.807, 2.05) is 0 Å². The Labute approximate surface area is 147 Å². The van der Waals surface area contributed by atoms with Gasteiger partial charge in [-0.3, -0.25) is 19.8 Å². The van der Waals surface area contributed by atoms with Gasteiger partial charge in [0.25, 0.3) is 11.6 Å². The van der Waals surface area contributed by atoms with E-state index in [1.165, 1.54) is 24.3 Å². The Hall–Kier alpha value is -2.26. The molecule has 1 aliphatic rings. The molecule has 1 aromatic carbocycles. The molecule has 126 valence electrons. The number of hydrogen-bond acceptors (Lipinski definition) is 7. The van der Waals surface area contributed by atoms with Crippen LogP contribution in [0.2, 0.25) is 0 Å². The van der Waals surface area contributed by atoms with E-state index in [0.29, 0.717) is 0 Å². The van der Waals surface area contributed by atoms with Crippen molar-refractivity contribution in [2.24, 2.45) is 5.92 Å². The third-order valence-electron chi connectivity index (χ3n) is 3.39. The van der Waals surface area contributed by atoms with Gasteiger partial charge in [0.2, 0.25) is 0 Å². The third kappa shape index (κ3) is 3.46. The number of nitro groups is 1. The summed E-state index contributed by atoms with van der Waals surface area (Å²) in [4.78, 5) is 35.5. The minimum absolute atomic E-state index is 0.0905. The lowest BCUT2D eigenvalue weighted by Gasteiger charge is -2.30. The van der Waals surface area contributed by atoms with Gasteiger partial charge in [-0.2, -0.15) is 0 Å². The molecule has 1 heterocycles. The molecule has 7 nitrogen and oxygen atoms in total. The number of nitro benzene ring substituents is 1. The average molecular weight is 365 g/mol. The highest BCUT2D eigenvalue weighted by Gasteiger charge is 2.39. The van der Waals surface area contributed by atoms with Gasteiger partial charge in [0.05, 0.1) is 27.4 Å². The van der Waals surface area contributed by atoms with Gasteiger partial charge in [-0.15, -0.1) is 0 Å². The van der Waals surface area contributed by atoms with E-state index in [1.54, 1.807) is 19.9 Å². The summed E-state index contributed by atoms with van der Waals surface area (Å²) in [5.41, 5.74) is 0.0978. The van der Waals surface area contributed by atoms with Crippen molar-refractivity contribution in [2.75, 3.05) is 0 Å². The Bertz CT molecular complexity index is 760. The Balaban J connectivity index is 2.42. The smallest absolute Gasteiger partial charge is 0.276 e. The van der Waals surface area contributed by atoms with Crippen molar-refractivity contribution in [1.82, 2.24) is 4.90 Å². The van der Waals surface area contributed by atoms with Crippen LogP contribution in [0.4, 0.5) is 5.69 Å². The highest BCUT2D eigenvalue weighted by atomic mass is 32.2. The first-order valence-electron chi connectivity index (χ1n) is 6.95. The number of rotatable bonds is 5. The number of hydrogen-bond donors (Lipinski definition) is 0. The van der Waals surface area contributed by atoms with E-state index >= 15 is 0 Å². The van der Waals surface area contributed by atoms with E-state index in [9.17, 15) is 24.8 Å². The number of para-hydroxylation sites is 1. The van der Waals surface area contributed by atoms with Crippen LogP contribution in [0.25, 0.3) is 6.08 Å². The second-order valence-electron chi connectivity index (χ2n) is 5.38. The van der Waals surface area contributed by atoms with Crippen molar-refractivity contribution in [3.05, 3.63) is 44.8 Å². The van der Waals surface area contributed by atoms with E-state index in [-0.39, 0.29) is 20.5 Å². The van der Waals surface area contributed by atoms with E-state index < -0.39 is 28.8 Å². The van der Waals surface area contributed by atoms with Crippen molar-refractivity contribution >= 4 is 51.9 Å². The number of carbonyl (C=O) groups is 2. The summed E-state index contributed by atoms with van der Waals surface area (Å²) in [5.74, 6) is -2.39. The predicted octanol–water partition coefficient (Wildman–Crippen LogP) is 1.57. The van der Waals surface area contributed by atoms with Gasteiger partial charge in [0, 0.05) is 6.07 Å². The maximum atomic E-state index is 12.5. The third-order valence-corrected chi connectivity index (χ3v) is 4.73. The quantitative estimate of drug-likeness (QED) is 0.338. The minimum Gasteiger partial charge on any atom is -0.548 e. The van der Waals surface area contributed by atoms with Crippen molar-refractivity contribution in [2.45, 2.75) is 19.9 Å². The maximum absolute atomic E-state index is 12.5. The first-order chi connectivity index (χ1) is 11.2. The lowest BCUT2D eigenvalue weighted by molar-refractivity contribution is -0.385. The van der Waals surface area contributed by atoms with Crippen molar-refractivity contribution in [1.29, 1.82) is 0 Å². The molecular formula is C15H13N2O5S2-. The fraction of sp³-hybridized carbons (Fsp3) is 0.267. The largest absolute Gasteiger partial charge is 0.548 e. The first kappa shape index (κ1) is 18.1. The van der Waals surface area contributed by atoms with Crippen LogP contribution in [-0.2, 0) is 9.59 Å². The molecule has 1 fully saturated rings. The summed E-state index contributed by atoms with van der Waals surface area (Å²) in [6.07, 6.45) is 1.35. The Kier molecular flexibility index (Phi) is 5.35. The van der Waals surface area contributed by atoms with E-state index in [2.05, 4.69) is 0 Å². The molecule has 0 bridgehead atoms. The molecular weight excluding hydrogens is 352 g/mol. The zero-order valence-corrected chi connectivity index (χ0v) is 14.4. The number of thiocarbonyl (C=S) groups is 1. The lowest BCUT2D eigenvalue weighted by Crippen LogP contribution is -2.52. The predicted molar refractivity (Wildman–Crippen MR) is 91.7 cm³/mol. The summed E-state index contributed by atoms with van der Waals surface area (Å²) in [6, 6.07) is 4.77. The fourth-order valence-corrected chi connectivity index (χ4v) is 3.63. The molecule has 1 atom stereocenters. The second kappa shape index (κ2) is 7.10. The summed E-state index contributed by atoms with van der Waals surface area (Å²) < 4.78 is 0.0905. The zero-order chi connectivity index (χ0) is 18.0. The summed E-state index contributed by atoms with van der Waals surface area (Å²) >= 11 is 6.03. The number of carbonyl (C=O) groups excluding carboxylic acids is 2. The number of amides is 1. The molecule has 24 heavy (non-hydrogen) atoms. The molecule has 2 rings (SSSR count). The van der Waals surface area contributed by atoms with Crippen LogP contribution < -0.4 is 5.11 Å². The lowest BCUT2D eigenvalue weighted by atomic mass is 10.0. The number of benzene rings is 1. The highest BCUT2D eigenvalue weighted by molar-refractivity contribution is 8.26. The van der Waals surface area contributed by atoms with Gasteiger partial charge in [0.15, 0.2) is 0 Å². The SMILES string of the molecule is CC(C)[C@H](C(=O)[O-])N1C(=O)/C(=C\c2ccccc2[N+](=O)[O-])SC1=S. The van der Waals surface area contributed by atoms with Crippen LogP contribution in [0.5, 0.6) is 0 Å². The Morgan fingerprint density at radius 2 is 2.00 bits per heavy atom. The topological polar surface area (TPSA) is 104 Å². The van der Waals surface area contributed by atoms with Crippen molar-refractivity contribution in [3.8, 4) is 0 Å². The van der Waals surface area contributed by atoms with Crippen molar-refractivity contribution in [3.63, 3.8) is 0 Å². The number of carboxylic acid groups (broad SMARTS) is 1. The van der Waals surface area contributed by atoms with Gasteiger partial charge >= 0.3 is 0 Å². The van der Waals surface area contributed by atoms with E-state index in [0.717, 1.165) is 16.7 Å². The molecule has 1 saturated heterocycles. The van der Waals surface area contributed by atoms with Crippen LogP contribution in [0.15, 0.2) is 29.2 Å². The van der Waals surface area contributed by atoms with Gasteiger partial charge in [0.1, 0.15) is 4.32 Å². The highest BCUT2D eigenvalue weighted by Crippen LogP contribution is 2.36. The monoisotopic (exact) mass is 365 g/mol. The van der Waals surface area contributed by atoms with Crippen LogP contribution >= 0.6 is 24.0 Å². The molecule has 0 aliphatic carbocycles. The Morgan fingerprint density at radius 3 is 2.54 bits per heavy atom. The molecule has 0 spiro atoms. The van der Waals surface area contributed by atoms with Gasteiger partial charge in [-0.1, -0.05) is 50.0 Å². The Morgan fingerprint density at radius 1 is 1.38 bits per heavy atom. The molecule has 0 saturated carbocycles. The molecule has 0 aromatic heterocycles. The molecule has 1 aromatic rings. The van der Waals surface area contributed by atoms with Gasteiger partial charge < -0.3 is 9.90 Å². The number of aliphatic carboxylic acids is 1. The second-order valence-corrected chi connectivity index (χ2v) is 7.05. The van der Waals surface area contributed by atoms with E-state index in [4.69, 9.17) is 12.2 Å². The fourth-order valence-electron chi connectivity index (χ4n) is 2.31. The minimum atomic E-state index is -1.40. The van der Waals surface area contributed by atoms with Gasteiger partial charge in [-0.25, -0.2) is 0 Å². The van der Waals surface area contributed by atoms with Crippen LogP contribution in [0, 0.1) is 16.0 Å². The normalized spacial score (nSPS) is 17.6. The van der Waals surface area contributed by atoms with Crippen molar-refractivity contribution < 1.29 is 19.6 Å². The summed E-state index contributed by atoms with van der Waals surface area (Å²) in [5, 5.41) is 22.4. The summed E-state index contributed by atoms with van der Waals surface area (Å²) in [7, 11) is 0. The standard InChI is InChI=1S/C15H14N2O5S2/c1-8(2)12(14(19)20)16-13(18)11(24-15(16)23)7-9-5-3-4-6-10(9)17(21)22/h3-8,12H,1-2H3,(H,19,20)/p-1/b11-7+/t12-/m1/s1. The molecule has 0 N–H and O–H groups in total. The number of thioether (sulfide) groups is 1. The maximum Gasteiger partial charge on any atom is 0.276 e. The molecule has 0 unspecified atom stereocenters.